The number of rotatable bonds is 2. The molecule has 0 heterocycles. The fraction of sp³-hybridized carbons (Fsp3) is 0. The maximum Gasteiger partial charge on any atom is 0.0179 e. The molecule has 0 aliphatic rings. The van der Waals surface area contributed by atoms with Crippen molar-refractivity contribution in [3.05, 3.63) is 33.4 Å². The summed E-state index contributed by atoms with van der Waals surface area (Å²) in [6.45, 7) is 7.23. The van der Waals surface area contributed by atoms with Crippen LogP contribution in [0.5, 0.6) is 0 Å². The number of hydrogen-bond acceptors (Lipinski definition) is 0. The molecule has 0 bridgehead atoms. The zero-order valence-corrected chi connectivity index (χ0v) is 8.07. The topological polar surface area (TPSA) is 0 Å². The number of allylic oxidation sites excluding steroid dienone is 4. The van der Waals surface area contributed by atoms with Gasteiger partial charge in [-0.2, -0.15) is 0 Å². The van der Waals surface area contributed by atoms with Gasteiger partial charge in [0.25, 0.3) is 0 Å². The lowest BCUT2D eigenvalue weighted by atomic mass is 10.5. The molecule has 0 atom stereocenters. The Labute approximate surface area is 71.6 Å². The molecule has 44 valence electrons. The normalized spacial score (nSPS) is 11.0. The molecule has 0 N–H and O–H groups in total. The highest BCUT2D eigenvalue weighted by atomic mass is 127. The number of hydrogen-bond donors (Lipinski definition) is 0. The van der Waals surface area contributed by atoms with Crippen molar-refractivity contribution in [3.63, 3.8) is 0 Å². The van der Waals surface area contributed by atoms with Crippen LogP contribution in [-0.2, 0) is 0 Å². The highest BCUT2D eigenvalue weighted by Gasteiger charge is 1.80. The molecule has 0 amide bonds. The van der Waals surface area contributed by atoms with Crippen molar-refractivity contribution in [2.24, 2.45) is 0 Å². The van der Waals surface area contributed by atoms with E-state index in [0.29, 0.717) is 0 Å². The van der Waals surface area contributed by atoms with Gasteiger partial charge in [0.2, 0.25) is 0 Å². The first-order valence-corrected chi connectivity index (χ1v) is 3.88. The maximum atomic E-state index is 3.68. The second-order valence-corrected chi connectivity index (χ2v) is 3.48. The minimum atomic E-state index is 0.969. The molecule has 0 unspecified atom stereocenters. The van der Waals surface area contributed by atoms with E-state index in [1.54, 1.807) is 6.08 Å². The summed E-state index contributed by atoms with van der Waals surface area (Å²) in [6, 6.07) is 0. The standard InChI is InChI=1S/C6H6BrI/c1-3-6(7)4-5(2)8/h3-4H,1-2H2/b6-4+. The third-order valence-electron chi connectivity index (χ3n) is 0.490. The van der Waals surface area contributed by atoms with Crippen LogP contribution < -0.4 is 0 Å². The molecule has 0 radical (unpaired) electrons. The zero-order chi connectivity index (χ0) is 6.57. The minimum absolute atomic E-state index is 0.969. The van der Waals surface area contributed by atoms with Crippen molar-refractivity contribution in [2.75, 3.05) is 0 Å². The maximum absolute atomic E-state index is 3.68. The van der Waals surface area contributed by atoms with E-state index in [0.717, 1.165) is 8.06 Å². The first-order chi connectivity index (χ1) is 3.66. The van der Waals surface area contributed by atoms with Crippen LogP contribution in [0, 0.1) is 0 Å². The Kier molecular flexibility index (Phi) is 4.56. The molecule has 0 aromatic heterocycles. The van der Waals surface area contributed by atoms with Gasteiger partial charge in [-0.15, -0.1) is 0 Å². The summed E-state index contributed by atoms with van der Waals surface area (Å²) in [5.41, 5.74) is 0. The molecule has 0 aromatic rings. The number of halogens is 2. The molecule has 0 saturated carbocycles. The van der Waals surface area contributed by atoms with E-state index in [4.69, 9.17) is 0 Å². The van der Waals surface area contributed by atoms with Crippen LogP contribution in [0.25, 0.3) is 0 Å². The Hall–Kier alpha value is 0.430. The van der Waals surface area contributed by atoms with Gasteiger partial charge in [-0.25, -0.2) is 0 Å². The van der Waals surface area contributed by atoms with E-state index in [2.05, 4.69) is 51.7 Å². The van der Waals surface area contributed by atoms with Gasteiger partial charge in [0.1, 0.15) is 0 Å². The van der Waals surface area contributed by atoms with Crippen molar-refractivity contribution in [1.29, 1.82) is 0 Å². The van der Waals surface area contributed by atoms with Crippen LogP contribution in [-0.4, -0.2) is 0 Å². The Bertz CT molecular complexity index is 135. The lowest BCUT2D eigenvalue weighted by Gasteiger charge is -1.84. The van der Waals surface area contributed by atoms with Crippen LogP contribution in [0.2, 0.25) is 0 Å². The van der Waals surface area contributed by atoms with Gasteiger partial charge in [0.15, 0.2) is 0 Å². The van der Waals surface area contributed by atoms with Gasteiger partial charge in [0.05, 0.1) is 0 Å². The fourth-order valence-corrected chi connectivity index (χ4v) is 1.25. The Morgan fingerprint density at radius 1 is 1.62 bits per heavy atom. The van der Waals surface area contributed by atoms with E-state index < -0.39 is 0 Å². The summed E-state index contributed by atoms with van der Waals surface area (Å²) in [7, 11) is 0. The van der Waals surface area contributed by atoms with Gasteiger partial charge in [-0.05, 0) is 28.7 Å². The van der Waals surface area contributed by atoms with Crippen LogP contribution in [0.3, 0.4) is 0 Å². The first kappa shape index (κ1) is 8.43. The van der Waals surface area contributed by atoms with Crippen LogP contribution >= 0.6 is 38.5 Å². The molecular formula is C6H6BrI. The molecule has 0 rings (SSSR count). The summed E-state index contributed by atoms with van der Waals surface area (Å²) in [5, 5.41) is 0. The van der Waals surface area contributed by atoms with Crippen molar-refractivity contribution in [1.82, 2.24) is 0 Å². The highest BCUT2D eigenvalue weighted by molar-refractivity contribution is 14.1. The van der Waals surface area contributed by atoms with Crippen molar-refractivity contribution < 1.29 is 0 Å². The molecular weight excluding hydrogens is 279 g/mol. The van der Waals surface area contributed by atoms with Gasteiger partial charge >= 0.3 is 0 Å². The van der Waals surface area contributed by atoms with Crippen LogP contribution in [0.4, 0.5) is 0 Å². The summed E-state index contributed by atoms with van der Waals surface area (Å²) < 4.78 is 1.96. The molecule has 0 aliphatic heterocycles. The van der Waals surface area contributed by atoms with E-state index in [1.807, 2.05) is 6.08 Å². The van der Waals surface area contributed by atoms with E-state index in [-0.39, 0.29) is 0 Å². The second kappa shape index (κ2) is 4.32. The molecule has 0 aliphatic carbocycles. The smallest absolute Gasteiger partial charge is 0.0179 e. The van der Waals surface area contributed by atoms with Crippen LogP contribution in [0.15, 0.2) is 33.4 Å². The second-order valence-electron chi connectivity index (χ2n) is 1.18. The van der Waals surface area contributed by atoms with Crippen molar-refractivity contribution >= 4 is 38.5 Å². The summed E-state index contributed by atoms with van der Waals surface area (Å²) >= 11 is 5.39. The fourth-order valence-electron chi connectivity index (χ4n) is 0.209. The quantitative estimate of drug-likeness (QED) is 0.539. The minimum Gasteiger partial charge on any atom is -0.0979 e. The molecule has 0 spiro atoms. The summed E-state index contributed by atoms with van der Waals surface area (Å²) in [6.07, 6.45) is 3.62. The summed E-state index contributed by atoms with van der Waals surface area (Å²) in [4.78, 5) is 0. The molecule has 8 heavy (non-hydrogen) atoms. The predicted octanol–water partition coefficient (Wildman–Crippen LogP) is 3.40. The van der Waals surface area contributed by atoms with E-state index in [9.17, 15) is 0 Å². The van der Waals surface area contributed by atoms with Crippen LogP contribution in [0.1, 0.15) is 0 Å². The van der Waals surface area contributed by atoms with Gasteiger partial charge in [-0.3, -0.25) is 0 Å². The Morgan fingerprint density at radius 3 is 2.25 bits per heavy atom. The zero-order valence-electron chi connectivity index (χ0n) is 4.32. The third kappa shape index (κ3) is 4.59. The average molecular weight is 285 g/mol. The third-order valence-corrected chi connectivity index (χ3v) is 1.35. The molecule has 0 aromatic carbocycles. The molecule has 0 fully saturated rings. The molecule has 2 heteroatoms. The lowest BCUT2D eigenvalue weighted by molar-refractivity contribution is 1.92. The first-order valence-electron chi connectivity index (χ1n) is 2.01. The van der Waals surface area contributed by atoms with Gasteiger partial charge in [0, 0.05) is 8.06 Å². The monoisotopic (exact) mass is 284 g/mol. The Morgan fingerprint density at radius 2 is 2.12 bits per heavy atom. The van der Waals surface area contributed by atoms with E-state index >= 15 is 0 Å². The highest BCUT2D eigenvalue weighted by Crippen LogP contribution is 2.12. The van der Waals surface area contributed by atoms with Gasteiger partial charge in [-0.1, -0.05) is 35.2 Å². The van der Waals surface area contributed by atoms with E-state index in [1.165, 1.54) is 0 Å². The average Bonchev–Trinajstić information content (AvgIpc) is 1.65. The Balaban J connectivity index is 3.94. The van der Waals surface area contributed by atoms with Gasteiger partial charge < -0.3 is 0 Å². The van der Waals surface area contributed by atoms with Crippen molar-refractivity contribution in [3.8, 4) is 0 Å². The SMILES string of the molecule is C=C/C(Br)=C\C(=C)I. The van der Waals surface area contributed by atoms with Crippen molar-refractivity contribution in [2.45, 2.75) is 0 Å². The summed E-state index contributed by atoms with van der Waals surface area (Å²) in [5.74, 6) is 0. The largest absolute Gasteiger partial charge is 0.0979 e. The predicted molar refractivity (Wildman–Crippen MR) is 50.4 cm³/mol. The lowest BCUT2D eigenvalue weighted by Crippen LogP contribution is -1.58. The molecule has 0 nitrogen and oxygen atoms in total. The molecule has 0 saturated heterocycles.